The summed E-state index contributed by atoms with van der Waals surface area (Å²) in [6.45, 7) is 1.65. The molecule has 0 radical (unpaired) electrons. The molecule has 0 fully saturated rings. The molecular weight excluding hydrogens is 302 g/mol. The largest absolute Gasteiger partial charge is 0.610 e. The Hall–Kier alpha value is -1.78. The van der Waals surface area contributed by atoms with Crippen molar-refractivity contribution >= 4 is 32.9 Å². The number of thiazole rings is 1. The number of hydrogen-bond donors (Lipinski definition) is 0. The van der Waals surface area contributed by atoms with Crippen molar-refractivity contribution in [3.63, 3.8) is 0 Å². The van der Waals surface area contributed by atoms with E-state index in [0.717, 1.165) is 11.3 Å². The third kappa shape index (κ3) is 2.01. The second-order valence-electron chi connectivity index (χ2n) is 4.01. The van der Waals surface area contributed by atoms with Gasteiger partial charge >= 0.3 is 4.34 Å². The average Bonchev–Trinajstić information content (AvgIpc) is 3.00. The van der Waals surface area contributed by atoms with Crippen molar-refractivity contribution in [2.45, 2.75) is 11.3 Å². The molecule has 1 unspecified atom stereocenters. The number of aryl methyl sites for hydroxylation is 1. The Labute approximate surface area is 119 Å². The number of nitrogens with zero attached hydrogens (tertiary/aromatic N) is 5. The summed E-state index contributed by atoms with van der Waals surface area (Å²) in [4.78, 5) is 21.0. The normalized spacial score (nSPS) is 13.0. The van der Waals surface area contributed by atoms with Gasteiger partial charge in [0.05, 0.1) is 0 Å². The maximum atomic E-state index is 12.2. The van der Waals surface area contributed by atoms with Crippen LogP contribution in [0.5, 0.6) is 0 Å². The smallest absolute Gasteiger partial charge is 0.304 e. The molecule has 0 saturated heterocycles. The quantitative estimate of drug-likeness (QED) is 0.633. The maximum Gasteiger partial charge on any atom is 0.304 e. The fraction of sp³-hybridized carbons (Fsp3) is 0.300. The first-order valence-corrected chi connectivity index (χ1v) is 7.86. The molecule has 1 atom stereocenters. The van der Waals surface area contributed by atoms with E-state index in [1.807, 2.05) is 0 Å². The Kier molecular flexibility index (Phi) is 3.07. The molecule has 0 N–H and O–H groups in total. The van der Waals surface area contributed by atoms with E-state index in [1.54, 1.807) is 14.0 Å². The highest BCUT2D eigenvalue weighted by Crippen LogP contribution is 2.24. The van der Waals surface area contributed by atoms with E-state index in [-0.39, 0.29) is 22.8 Å². The van der Waals surface area contributed by atoms with Crippen LogP contribution in [0.3, 0.4) is 0 Å². The van der Waals surface area contributed by atoms with Gasteiger partial charge in [-0.15, -0.1) is 10.2 Å². The molecule has 8 nitrogen and oxygen atoms in total. The molecule has 3 rings (SSSR count). The molecule has 0 amide bonds. The van der Waals surface area contributed by atoms with Crippen molar-refractivity contribution < 1.29 is 8.97 Å². The van der Waals surface area contributed by atoms with Crippen molar-refractivity contribution in [2.75, 3.05) is 6.26 Å². The fourth-order valence-electron chi connectivity index (χ4n) is 1.64. The first-order chi connectivity index (χ1) is 9.47. The Bertz CT molecular complexity index is 850. The Morgan fingerprint density at radius 1 is 1.35 bits per heavy atom. The van der Waals surface area contributed by atoms with E-state index in [4.69, 9.17) is 4.42 Å². The van der Waals surface area contributed by atoms with Crippen LogP contribution in [0.1, 0.15) is 5.89 Å². The Balaban J connectivity index is 2.29. The second-order valence-corrected chi connectivity index (χ2v) is 6.54. The summed E-state index contributed by atoms with van der Waals surface area (Å²) in [5, 5.41) is 7.57. The van der Waals surface area contributed by atoms with Crippen molar-refractivity contribution in [3.05, 3.63) is 16.2 Å². The van der Waals surface area contributed by atoms with E-state index >= 15 is 0 Å². The lowest BCUT2D eigenvalue weighted by atomic mass is 10.5. The van der Waals surface area contributed by atoms with Crippen LogP contribution in [-0.4, -0.2) is 35.5 Å². The van der Waals surface area contributed by atoms with E-state index in [0.29, 0.717) is 15.1 Å². The monoisotopic (exact) mass is 311 g/mol. The van der Waals surface area contributed by atoms with Gasteiger partial charge in [-0.1, -0.05) is 0 Å². The summed E-state index contributed by atoms with van der Waals surface area (Å²) in [7, 11) is 1.55. The minimum absolute atomic E-state index is 0.163. The van der Waals surface area contributed by atoms with E-state index in [1.165, 1.54) is 10.8 Å². The number of rotatable bonds is 2. The highest BCUT2D eigenvalue weighted by atomic mass is 32.2. The van der Waals surface area contributed by atoms with Crippen molar-refractivity contribution in [1.82, 2.24) is 24.7 Å². The minimum atomic E-state index is -1.26. The number of fused-ring (bicyclic) bond motifs is 1. The van der Waals surface area contributed by atoms with Gasteiger partial charge in [-0.25, -0.2) is 4.98 Å². The van der Waals surface area contributed by atoms with Crippen molar-refractivity contribution in [1.29, 1.82) is 0 Å². The van der Waals surface area contributed by atoms with Crippen LogP contribution in [0.15, 0.2) is 13.6 Å². The van der Waals surface area contributed by atoms with Gasteiger partial charge < -0.3 is 8.97 Å². The zero-order valence-corrected chi connectivity index (χ0v) is 12.4. The summed E-state index contributed by atoms with van der Waals surface area (Å²) >= 11 is -0.137. The van der Waals surface area contributed by atoms with Crippen molar-refractivity contribution in [2.24, 2.45) is 7.05 Å². The van der Waals surface area contributed by atoms with Gasteiger partial charge in [-0.05, 0) is 11.3 Å². The Morgan fingerprint density at radius 2 is 2.10 bits per heavy atom. The summed E-state index contributed by atoms with van der Waals surface area (Å²) in [6, 6.07) is 0. The van der Waals surface area contributed by atoms with Crippen LogP contribution < -0.4 is 5.56 Å². The molecule has 0 aliphatic rings. The lowest BCUT2D eigenvalue weighted by Gasteiger charge is -2.01. The van der Waals surface area contributed by atoms with Crippen LogP contribution in [0.4, 0.5) is 0 Å². The molecule has 0 aromatic carbocycles. The summed E-state index contributed by atoms with van der Waals surface area (Å²) in [5.41, 5.74) is -0.142. The molecule has 104 valence electrons. The Morgan fingerprint density at radius 3 is 2.70 bits per heavy atom. The first-order valence-electron chi connectivity index (χ1n) is 5.49. The molecule has 3 heterocycles. The highest BCUT2D eigenvalue weighted by Gasteiger charge is 2.21. The van der Waals surface area contributed by atoms with Gasteiger partial charge in [0.15, 0.2) is 10.3 Å². The number of aromatic nitrogens is 5. The van der Waals surface area contributed by atoms with Gasteiger partial charge in [0.2, 0.25) is 11.7 Å². The minimum Gasteiger partial charge on any atom is -0.610 e. The van der Waals surface area contributed by atoms with Gasteiger partial charge in [0, 0.05) is 25.1 Å². The molecule has 0 spiro atoms. The SMILES string of the molecule is Cc1nnc(-c2nc3sc([S+](C)[O-])nc3c(=O)n2C)o1. The molecule has 10 heteroatoms. The topological polar surface area (TPSA) is 110 Å². The fourth-order valence-corrected chi connectivity index (χ4v) is 3.23. The summed E-state index contributed by atoms with van der Waals surface area (Å²) in [6.07, 6.45) is 1.50. The molecule has 0 aliphatic carbocycles. The van der Waals surface area contributed by atoms with Gasteiger partial charge in [0.25, 0.3) is 11.4 Å². The third-order valence-corrected chi connectivity index (χ3v) is 4.87. The number of hydrogen-bond acceptors (Lipinski definition) is 8. The zero-order chi connectivity index (χ0) is 14.4. The summed E-state index contributed by atoms with van der Waals surface area (Å²) < 4.78 is 18.4. The maximum absolute atomic E-state index is 12.2. The lowest BCUT2D eigenvalue weighted by Crippen LogP contribution is -2.20. The van der Waals surface area contributed by atoms with Crippen LogP contribution in [0.2, 0.25) is 0 Å². The lowest BCUT2D eigenvalue weighted by molar-refractivity contribution is 0.525. The molecule has 3 aromatic heterocycles. The van der Waals surface area contributed by atoms with Crippen LogP contribution in [-0.2, 0) is 18.2 Å². The van der Waals surface area contributed by atoms with Crippen LogP contribution in [0.25, 0.3) is 22.1 Å². The van der Waals surface area contributed by atoms with Crippen molar-refractivity contribution in [3.8, 4) is 11.7 Å². The second kappa shape index (κ2) is 4.65. The molecule has 3 aromatic rings. The van der Waals surface area contributed by atoms with Crippen LogP contribution >= 0.6 is 11.3 Å². The van der Waals surface area contributed by atoms with Gasteiger partial charge in [0.1, 0.15) is 6.26 Å². The predicted molar refractivity (Wildman–Crippen MR) is 73.0 cm³/mol. The van der Waals surface area contributed by atoms with Gasteiger partial charge in [-0.3, -0.25) is 9.36 Å². The molecular formula is C10H9N5O3S2. The molecule has 20 heavy (non-hydrogen) atoms. The molecule has 0 saturated carbocycles. The average molecular weight is 311 g/mol. The summed E-state index contributed by atoms with van der Waals surface area (Å²) in [5.74, 6) is 0.811. The predicted octanol–water partition coefficient (Wildman–Crippen LogP) is 0.486. The highest BCUT2D eigenvalue weighted by molar-refractivity contribution is 7.92. The molecule has 0 bridgehead atoms. The zero-order valence-electron chi connectivity index (χ0n) is 10.8. The van der Waals surface area contributed by atoms with Crippen LogP contribution in [0, 0.1) is 6.92 Å². The van der Waals surface area contributed by atoms with E-state index in [9.17, 15) is 9.35 Å². The van der Waals surface area contributed by atoms with E-state index < -0.39 is 11.2 Å². The first kappa shape index (κ1) is 13.2. The third-order valence-electron chi connectivity index (χ3n) is 2.59. The standard InChI is InChI=1S/C10H9N5O3S2/c1-4-13-14-7(18-4)6-12-8-5(9(16)15(6)2)11-10(19-8)20(3)17/h1-3H3. The van der Waals surface area contributed by atoms with E-state index in [2.05, 4.69) is 20.2 Å². The molecule has 0 aliphatic heterocycles. The van der Waals surface area contributed by atoms with Gasteiger partial charge in [-0.2, -0.15) is 4.98 Å².